The van der Waals surface area contributed by atoms with Gasteiger partial charge in [0.25, 0.3) is 46.9 Å². The second-order valence-corrected chi connectivity index (χ2v) is 30.7. The van der Waals surface area contributed by atoms with Crippen LogP contribution in [0.3, 0.4) is 0 Å². The van der Waals surface area contributed by atoms with Crippen LogP contribution in [0.25, 0.3) is 0 Å². The van der Waals surface area contributed by atoms with Crippen LogP contribution in [-0.2, 0) is 38.4 Å². The third-order valence-corrected chi connectivity index (χ3v) is 12.8. The Morgan fingerprint density at radius 2 is 0.640 bits per heavy atom. The minimum atomic E-state index is -1.98. The van der Waals surface area contributed by atoms with E-state index in [1.165, 1.54) is 43.5 Å². The molecule has 1 heterocycles. The minimum Gasteiger partial charge on any atom is 0 e. The van der Waals surface area contributed by atoms with E-state index in [0.29, 0.717) is 94.3 Å². The Hall–Kier alpha value is -4.65. The van der Waals surface area contributed by atoms with Crippen molar-refractivity contribution in [3.05, 3.63) is 143 Å². The Morgan fingerprint density at radius 3 is 0.946 bits per heavy atom. The first kappa shape index (κ1) is 141. The number of carbonyl (C=O) groups excluding carboxylic acids is 11. The fourth-order valence-corrected chi connectivity index (χ4v) is 8.16. The number of phenolic OH excluding ortho intramolecular Hbond substituents is 2. The maximum absolute atomic E-state index is 12.2. The van der Waals surface area contributed by atoms with Gasteiger partial charge in [0.15, 0.2) is 40.3 Å². The Balaban J connectivity index is -0.0000000791. The van der Waals surface area contributed by atoms with Crippen molar-refractivity contribution in [3.63, 3.8) is 0 Å². The molecule has 649 valence electrons. The van der Waals surface area contributed by atoms with Crippen molar-refractivity contribution in [1.82, 2.24) is 47.5 Å². The summed E-state index contributed by atoms with van der Waals surface area (Å²) in [5.41, 5.74) is 24.5. The molecule has 0 fully saturated rings. The van der Waals surface area contributed by atoms with E-state index in [1.807, 2.05) is 6.92 Å². The molecule has 0 saturated heterocycles. The molecule has 7 amide bonds. The standard InChI is InChI=1S/C21H26N4O7.C11H16N2O2.2C10H14N2O3.C9H13N3O3.3ClH.4Gd.12H2O/c1-11-9-14(16(27)15(26)10-11)21(32)25-8-6-23-5-7-24-20(31)13-4-3-12(19(30)22-2)17(28)18(13)29;1-7-5-9(8(2)10(14)6-7)11(15)13-4-3-12;2*1-6-4-7(9(14)8(13)5-6)10(15)12-3-2-11;1-5-4-6(7(13)9(15)12-5)8(14)11-3-2-10;;;;;;;;;;;;;;;;;;;/h3-4,9,23,27-29H,5-8,10H2,1-2H3,(H,22,30)(H,24,31)(H,25,32);5H,3-4,6,12H2,1-2H3,(H,13,15);2*4,14H,2-3,5,11H2,1H3,(H,12,15);4,13H,2-3,10H2,1H3,(H,11,14)(H,12,15);3*1H;;;;;12*1H2/q;;;;;;;;;;;+3;;;;;;;;;;;;/p-3. The van der Waals surface area contributed by atoms with E-state index >= 15 is 0 Å². The number of hydrogen-bond acceptors (Lipinski definition) is 23. The van der Waals surface area contributed by atoms with Crippen LogP contribution in [0, 0.1) is 156 Å². The Bertz CT molecular complexity index is 3450. The molecule has 0 saturated carbocycles. The molecule has 2 aromatic rings. The number of aromatic amines is 1. The number of H-pyrrole nitrogens is 1. The summed E-state index contributed by atoms with van der Waals surface area (Å²) in [4.78, 5) is 141. The number of hydrogen-bond donors (Lipinski definition) is 19. The third kappa shape index (κ3) is 51.1. The average Bonchev–Trinajstić information content (AvgIpc) is 0.832. The number of ketones is 4. The topological polar surface area (TPSA) is 920 Å². The molecule has 0 unspecified atom stereocenters. The normalized spacial score (nSPS) is 12.3. The summed E-state index contributed by atoms with van der Waals surface area (Å²) in [7, 11) is 1.37. The van der Waals surface area contributed by atoms with E-state index < -0.39 is 122 Å². The van der Waals surface area contributed by atoms with Crippen molar-refractivity contribution < 1.29 is 298 Å². The van der Waals surface area contributed by atoms with Crippen molar-refractivity contribution >= 4 is 82.4 Å². The quantitative estimate of drug-likeness (QED) is 0.0408. The van der Waals surface area contributed by atoms with Gasteiger partial charge in [-0.05, 0) is 84.0 Å². The zero-order valence-corrected chi connectivity index (χ0v) is 72.1. The molecule has 43 nitrogen and oxygen atoms in total. The second-order valence-electron chi connectivity index (χ2n) is 20.8. The fraction of sp³-hybridized carbons (Fsp3) is 0.377. The molecular formula is C61H107Cl3Gd4N13O30. The number of halogens is 3. The Morgan fingerprint density at radius 1 is 0.387 bits per heavy atom. The van der Waals surface area contributed by atoms with Crippen LogP contribution in [-0.4, -0.2) is 251 Å². The van der Waals surface area contributed by atoms with Crippen LogP contribution in [0.2, 0.25) is 0 Å². The van der Waals surface area contributed by atoms with E-state index in [1.54, 1.807) is 40.7 Å². The molecule has 111 heavy (non-hydrogen) atoms. The molecule has 0 spiro atoms. The van der Waals surface area contributed by atoms with Crippen LogP contribution < -0.4 is 71.0 Å². The van der Waals surface area contributed by atoms with Gasteiger partial charge in [0.05, 0.1) is 33.4 Å². The average molecular weight is 2240 g/mol. The minimum absolute atomic E-state index is 0. The number of aryl methyl sites for hydroxylation is 1. The number of Topliss-reactive ketones (excluding diaryl/α,β-unsaturated/α-hetero) is 4. The van der Waals surface area contributed by atoms with Gasteiger partial charge < -0.3 is 167 Å². The van der Waals surface area contributed by atoms with E-state index in [2.05, 4.69) is 47.5 Å². The van der Waals surface area contributed by atoms with Gasteiger partial charge in [-0.1, -0.05) is 22.3 Å². The molecule has 1 aromatic heterocycles. The van der Waals surface area contributed by atoms with Crippen LogP contribution >= 0.6 is 17.9 Å². The molecule has 6 rings (SSSR count). The number of benzene rings is 1. The fourth-order valence-electron chi connectivity index (χ4n) is 8.16. The first-order chi connectivity index (χ1) is 45.1. The second kappa shape index (κ2) is 75.4. The van der Waals surface area contributed by atoms with Crippen molar-refractivity contribution in [2.24, 2.45) is 22.9 Å². The summed E-state index contributed by atoms with van der Waals surface area (Å²) < 4.78 is 0. The molecule has 1 aromatic carbocycles. The van der Waals surface area contributed by atoms with E-state index in [9.17, 15) is 88.2 Å². The monoisotopic (exact) mass is 2240 g/mol. The number of aliphatic hydroxyl groups excluding tert-OH is 3. The van der Waals surface area contributed by atoms with Crippen LogP contribution in [0.15, 0.2) is 115 Å². The number of aromatic hydroxyl groups is 3. The number of carbonyl (C=O) groups is 11. The predicted octanol–water partition coefficient (Wildman–Crippen LogP) is -9.24. The van der Waals surface area contributed by atoms with Crippen molar-refractivity contribution in [2.75, 3.05) is 85.6 Å². The number of phenols is 2. The summed E-state index contributed by atoms with van der Waals surface area (Å²) >= 11 is -1.98. The molecule has 4 aliphatic carbocycles. The maximum Gasteiger partial charge on any atom is 0 e. The zero-order valence-electron chi connectivity index (χ0n) is 60.8. The van der Waals surface area contributed by atoms with E-state index in [4.69, 9.17) is 40.9 Å². The largest absolute Gasteiger partial charge is 0 e. The predicted molar refractivity (Wildman–Crippen MR) is 399 cm³/mol. The molecule has 0 radical (unpaired) electrons. The summed E-state index contributed by atoms with van der Waals surface area (Å²) in [5.74, 6) is 6.76. The molecular weight excluding hydrogens is 2130 g/mol. The third-order valence-electron chi connectivity index (χ3n) is 12.8. The van der Waals surface area contributed by atoms with Gasteiger partial charge in [0, 0.05) is 248 Å². The molecule has 4 aliphatic rings. The number of rotatable bonds is 21. The summed E-state index contributed by atoms with van der Waals surface area (Å²) in [5, 5.41) is 78.4. The number of allylic oxidation sites excluding steroid dienone is 8. The van der Waals surface area contributed by atoms with E-state index in [-0.39, 0.29) is 263 Å². The number of nitrogens with two attached hydrogens (primary N) is 4. The van der Waals surface area contributed by atoms with Crippen LogP contribution in [0.4, 0.5) is 0 Å². The zero-order chi connectivity index (χ0) is 73.1. The number of amides is 7. The molecule has 0 aliphatic heterocycles. The van der Waals surface area contributed by atoms with Gasteiger partial charge in [0.2, 0.25) is 17.3 Å². The number of nitrogens with one attached hydrogen (secondary N) is 9. The van der Waals surface area contributed by atoms with Crippen molar-refractivity contribution in [2.45, 2.75) is 67.2 Å². The molecule has 50 heteroatoms. The van der Waals surface area contributed by atoms with Gasteiger partial charge in [-0.3, -0.25) is 57.5 Å². The Kier molecular flexibility index (Phi) is 96.1. The number of aliphatic hydroxyl groups is 3. The van der Waals surface area contributed by atoms with Gasteiger partial charge in [-0.25, -0.2) is 0 Å². The van der Waals surface area contributed by atoms with Crippen LogP contribution in [0.1, 0.15) is 97.1 Å². The maximum atomic E-state index is 12.2. The number of pyridine rings is 1. The molecule has 0 bridgehead atoms. The summed E-state index contributed by atoms with van der Waals surface area (Å²) in [6.45, 7) is 14.1. The van der Waals surface area contributed by atoms with Crippen molar-refractivity contribution in [1.29, 1.82) is 0 Å². The van der Waals surface area contributed by atoms with Gasteiger partial charge in [-0.15, -0.1) is 0 Å². The SMILES string of the molecule is CC1=CC(C(=O)NCCN)=C(C)C(=O)C1.CC1=CC(C(=O)NCCN)=C(O)C(=O)C1.CC1=CC(C(=O)NCCN)=C(O)C(=O)C1.CNC(=O)c1ccc(C(=O)NCCNCCNC(=O)C2=C(O)C(=O)CC(C)=C2)c(O)c1O.Cc1cc(C(=O)NCCN)c(O)c(=O)[nH]1.O.O.O.O.O.O.O.O.O.O.O.O.[Cl][Gd]([Cl])[Cl].[Gd].[Gd].[Gd]. The van der Waals surface area contributed by atoms with Gasteiger partial charge in [0.1, 0.15) is 0 Å². The van der Waals surface area contributed by atoms with E-state index in [0.717, 1.165) is 16.7 Å². The molecule has 0 atom stereocenters. The smallest absolute Gasteiger partial charge is 0 e. The summed E-state index contributed by atoms with van der Waals surface area (Å²) in [6, 6.07) is 3.87. The number of aromatic nitrogens is 1. The van der Waals surface area contributed by atoms with Gasteiger partial charge in [-0.2, -0.15) is 0 Å². The Labute approximate surface area is 754 Å². The van der Waals surface area contributed by atoms with Gasteiger partial charge >= 0.3 is 47.1 Å². The first-order valence-electron chi connectivity index (χ1n) is 29.0. The van der Waals surface area contributed by atoms with Crippen molar-refractivity contribution in [3.8, 4) is 17.2 Å². The van der Waals surface area contributed by atoms with Crippen LogP contribution in [0.5, 0.6) is 17.2 Å². The summed E-state index contributed by atoms with van der Waals surface area (Å²) in [6.07, 6.45) is 7.11. The first-order valence-corrected chi connectivity index (χ1v) is 37.5. The molecule has 47 N–H and O–H groups in total.